The lowest BCUT2D eigenvalue weighted by Gasteiger charge is -2.14. The van der Waals surface area contributed by atoms with Crippen LogP contribution < -0.4 is 15.4 Å². The highest BCUT2D eigenvalue weighted by molar-refractivity contribution is 5.79. The van der Waals surface area contributed by atoms with Crippen molar-refractivity contribution in [3.63, 3.8) is 0 Å². The average molecular weight is 369 g/mol. The molecule has 5 nitrogen and oxygen atoms in total. The van der Waals surface area contributed by atoms with Gasteiger partial charge in [-0.15, -0.1) is 0 Å². The second-order valence-corrected chi connectivity index (χ2v) is 6.64. The molecule has 5 heteroatoms. The molecule has 0 amide bonds. The smallest absolute Gasteiger partial charge is 0.191 e. The minimum Gasteiger partial charge on any atom is -0.494 e. The molecule has 0 atom stereocenters. The highest BCUT2D eigenvalue weighted by Gasteiger charge is 2.04. The second kappa shape index (κ2) is 11.2. The normalized spacial score (nSPS) is 11.5. The molecule has 0 aliphatic carbocycles. The summed E-state index contributed by atoms with van der Waals surface area (Å²) in [4.78, 5) is 6.88. The number of benzene rings is 2. The predicted molar refractivity (Wildman–Crippen MR) is 113 cm³/mol. The molecule has 2 aromatic carbocycles. The SMILES string of the molecule is CCNC(=NCc1ccc(CN(C)C)cc1)NCc1ccccc1OCC. The molecule has 0 radical (unpaired) electrons. The summed E-state index contributed by atoms with van der Waals surface area (Å²) in [6.07, 6.45) is 0. The lowest BCUT2D eigenvalue weighted by molar-refractivity contribution is 0.336. The zero-order chi connectivity index (χ0) is 19.5. The van der Waals surface area contributed by atoms with E-state index in [1.807, 2.05) is 25.1 Å². The Balaban J connectivity index is 1.98. The topological polar surface area (TPSA) is 48.9 Å². The van der Waals surface area contributed by atoms with Gasteiger partial charge in [-0.05, 0) is 45.1 Å². The average Bonchev–Trinajstić information content (AvgIpc) is 2.66. The maximum atomic E-state index is 5.69. The molecule has 0 saturated heterocycles. The van der Waals surface area contributed by atoms with Crippen LogP contribution in [-0.2, 0) is 19.6 Å². The Bertz CT molecular complexity index is 711. The number of rotatable bonds is 9. The first kappa shape index (κ1) is 20.8. The molecular formula is C22H32N4O. The number of para-hydroxylation sites is 1. The van der Waals surface area contributed by atoms with E-state index in [0.29, 0.717) is 19.7 Å². The third-order valence-electron chi connectivity index (χ3n) is 4.00. The van der Waals surface area contributed by atoms with Crippen molar-refractivity contribution in [1.82, 2.24) is 15.5 Å². The molecule has 0 heterocycles. The Kier molecular flexibility index (Phi) is 8.65. The maximum absolute atomic E-state index is 5.69. The molecule has 0 saturated carbocycles. The summed E-state index contributed by atoms with van der Waals surface area (Å²) >= 11 is 0. The van der Waals surface area contributed by atoms with E-state index in [2.05, 4.69) is 66.9 Å². The summed E-state index contributed by atoms with van der Waals surface area (Å²) < 4.78 is 5.69. The lowest BCUT2D eigenvalue weighted by atomic mass is 10.1. The third-order valence-corrected chi connectivity index (χ3v) is 4.00. The van der Waals surface area contributed by atoms with E-state index in [0.717, 1.165) is 30.4 Å². The van der Waals surface area contributed by atoms with Gasteiger partial charge in [0.15, 0.2) is 5.96 Å². The van der Waals surface area contributed by atoms with Crippen LogP contribution in [0.4, 0.5) is 0 Å². The molecular weight excluding hydrogens is 336 g/mol. The van der Waals surface area contributed by atoms with Crippen molar-refractivity contribution in [1.29, 1.82) is 0 Å². The van der Waals surface area contributed by atoms with Crippen LogP contribution in [0.15, 0.2) is 53.5 Å². The van der Waals surface area contributed by atoms with Gasteiger partial charge in [-0.2, -0.15) is 0 Å². The van der Waals surface area contributed by atoms with Crippen molar-refractivity contribution in [2.45, 2.75) is 33.5 Å². The Labute approximate surface area is 163 Å². The summed E-state index contributed by atoms with van der Waals surface area (Å²) in [6.45, 7) is 7.82. The summed E-state index contributed by atoms with van der Waals surface area (Å²) in [5, 5.41) is 6.70. The molecule has 2 aromatic rings. The monoisotopic (exact) mass is 368 g/mol. The standard InChI is InChI=1S/C22H32N4O/c1-5-23-22(25-16-20-9-7-8-10-21(20)27-6-2)24-15-18-11-13-19(14-12-18)17-26(3)4/h7-14H,5-6,15-17H2,1-4H3,(H2,23,24,25). The van der Waals surface area contributed by atoms with Gasteiger partial charge in [0.25, 0.3) is 0 Å². The van der Waals surface area contributed by atoms with Crippen molar-refractivity contribution in [3.05, 3.63) is 65.2 Å². The predicted octanol–water partition coefficient (Wildman–Crippen LogP) is 3.40. The molecule has 0 aliphatic heterocycles. The van der Waals surface area contributed by atoms with Gasteiger partial charge in [0.05, 0.1) is 13.2 Å². The van der Waals surface area contributed by atoms with Crippen molar-refractivity contribution in [3.8, 4) is 5.75 Å². The quantitative estimate of drug-likeness (QED) is 0.526. The van der Waals surface area contributed by atoms with E-state index in [-0.39, 0.29) is 0 Å². The first-order chi connectivity index (χ1) is 13.1. The molecule has 146 valence electrons. The van der Waals surface area contributed by atoms with Gasteiger partial charge < -0.3 is 20.3 Å². The zero-order valence-corrected chi connectivity index (χ0v) is 17.0. The largest absolute Gasteiger partial charge is 0.494 e. The molecule has 27 heavy (non-hydrogen) atoms. The number of ether oxygens (including phenoxy) is 1. The molecule has 0 aromatic heterocycles. The molecule has 0 spiro atoms. The number of hydrogen-bond acceptors (Lipinski definition) is 3. The fourth-order valence-corrected chi connectivity index (χ4v) is 2.75. The molecule has 0 unspecified atom stereocenters. The maximum Gasteiger partial charge on any atom is 0.191 e. The number of nitrogens with one attached hydrogen (secondary N) is 2. The van der Waals surface area contributed by atoms with Gasteiger partial charge >= 0.3 is 0 Å². The van der Waals surface area contributed by atoms with Crippen LogP contribution in [0.2, 0.25) is 0 Å². The van der Waals surface area contributed by atoms with Crippen molar-refractivity contribution in [2.24, 2.45) is 4.99 Å². The third kappa shape index (κ3) is 7.31. The van der Waals surface area contributed by atoms with Gasteiger partial charge in [-0.3, -0.25) is 0 Å². The highest BCUT2D eigenvalue weighted by atomic mass is 16.5. The Morgan fingerprint density at radius 2 is 1.67 bits per heavy atom. The van der Waals surface area contributed by atoms with E-state index in [1.54, 1.807) is 0 Å². The van der Waals surface area contributed by atoms with Crippen LogP contribution in [0.3, 0.4) is 0 Å². The van der Waals surface area contributed by atoms with Crippen LogP contribution in [-0.4, -0.2) is 38.1 Å². The zero-order valence-electron chi connectivity index (χ0n) is 17.0. The lowest BCUT2D eigenvalue weighted by Crippen LogP contribution is -2.36. The summed E-state index contributed by atoms with van der Waals surface area (Å²) in [6, 6.07) is 16.7. The van der Waals surface area contributed by atoms with Gasteiger partial charge in [-0.1, -0.05) is 42.5 Å². The Morgan fingerprint density at radius 1 is 0.963 bits per heavy atom. The van der Waals surface area contributed by atoms with Crippen LogP contribution in [0.25, 0.3) is 0 Å². The molecule has 2 N–H and O–H groups in total. The summed E-state index contributed by atoms with van der Waals surface area (Å²) in [5.74, 6) is 1.72. The number of aliphatic imine (C=N–C) groups is 1. The van der Waals surface area contributed by atoms with Gasteiger partial charge in [0, 0.05) is 25.2 Å². The molecule has 0 bridgehead atoms. The van der Waals surface area contributed by atoms with Gasteiger partial charge in [0.1, 0.15) is 5.75 Å². The number of guanidine groups is 1. The van der Waals surface area contributed by atoms with Crippen LogP contribution in [0.5, 0.6) is 5.75 Å². The highest BCUT2D eigenvalue weighted by Crippen LogP contribution is 2.17. The number of nitrogens with zero attached hydrogens (tertiary/aromatic N) is 2. The van der Waals surface area contributed by atoms with E-state index >= 15 is 0 Å². The van der Waals surface area contributed by atoms with E-state index in [1.165, 1.54) is 11.1 Å². The Morgan fingerprint density at radius 3 is 2.33 bits per heavy atom. The minimum atomic E-state index is 0.644. The fraction of sp³-hybridized carbons (Fsp3) is 0.409. The van der Waals surface area contributed by atoms with Gasteiger partial charge in [0.2, 0.25) is 0 Å². The molecule has 0 aliphatic rings. The Hall–Kier alpha value is -2.53. The van der Waals surface area contributed by atoms with Crippen LogP contribution >= 0.6 is 0 Å². The molecule has 0 fully saturated rings. The number of hydrogen-bond donors (Lipinski definition) is 2. The van der Waals surface area contributed by atoms with Crippen molar-refractivity contribution in [2.75, 3.05) is 27.2 Å². The van der Waals surface area contributed by atoms with Crippen LogP contribution in [0.1, 0.15) is 30.5 Å². The van der Waals surface area contributed by atoms with Crippen molar-refractivity contribution < 1.29 is 4.74 Å². The summed E-state index contributed by atoms with van der Waals surface area (Å²) in [5.41, 5.74) is 3.63. The van der Waals surface area contributed by atoms with Gasteiger partial charge in [-0.25, -0.2) is 4.99 Å². The minimum absolute atomic E-state index is 0.644. The first-order valence-corrected chi connectivity index (χ1v) is 9.57. The fourth-order valence-electron chi connectivity index (χ4n) is 2.75. The van der Waals surface area contributed by atoms with E-state index < -0.39 is 0 Å². The van der Waals surface area contributed by atoms with E-state index in [4.69, 9.17) is 9.73 Å². The summed E-state index contributed by atoms with van der Waals surface area (Å²) in [7, 11) is 4.16. The van der Waals surface area contributed by atoms with Crippen LogP contribution in [0, 0.1) is 0 Å². The molecule has 2 rings (SSSR count). The van der Waals surface area contributed by atoms with E-state index in [9.17, 15) is 0 Å². The van der Waals surface area contributed by atoms with Crippen molar-refractivity contribution >= 4 is 5.96 Å². The first-order valence-electron chi connectivity index (χ1n) is 9.57. The second-order valence-electron chi connectivity index (χ2n) is 6.64.